The maximum Gasteiger partial charge on any atom is 0.349 e. The van der Waals surface area contributed by atoms with Crippen LogP contribution in [0.2, 0.25) is 0 Å². The highest BCUT2D eigenvalue weighted by atomic mass is 16.6. The van der Waals surface area contributed by atoms with Gasteiger partial charge in [-0.3, -0.25) is 4.98 Å². The number of esters is 1. The molecular formula is C15H23N3O3. The van der Waals surface area contributed by atoms with E-state index < -0.39 is 11.7 Å². The van der Waals surface area contributed by atoms with Gasteiger partial charge in [-0.15, -0.1) is 0 Å². The lowest BCUT2D eigenvalue weighted by Gasteiger charge is -2.35. The molecule has 21 heavy (non-hydrogen) atoms. The smallest absolute Gasteiger partial charge is 0.349 e. The summed E-state index contributed by atoms with van der Waals surface area (Å²) in [5.74, 6) is 0.167. The summed E-state index contributed by atoms with van der Waals surface area (Å²) in [5.41, 5.74) is 5.91. The van der Waals surface area contributed by atoms with Crippen molar-refractivity contribution < 1.29 is 14.3 Å². The molecule has 0 aliphatic carbocycles. The van der Waals surface area contributed by atoms with E-state index in [4.69, 9.17) is 15.2 Å². The minimum Gasteiger partial charge on any atom is -0.475 e. The summed E-state index contributed by atoms with van der Waals surface area (Å²) < 4.78 is 11.2. The van der Waals surface area contributed by atoms with Crippen LogP contribution >= 0.6 is 0 Å². The van der Waals surface area contributed by atoms with Crippen LogP contribution in [-0.4, -0.2) is 35.2 Å². The summed E-state index contributed by atoms with van der Waals surface area (Å²) >= 11 is 0. The van der Waals surface area contributed by atoms with Gasteiger partial charge in [0.15, 0.2) is 0 Å². The zero-order valence-electron chi connectivity index (χ0n) is 12.8. The molecule has 1 aliphatic heterocycles. The molecule has 3 N–H and O–H groups in total. The van der Waals surface area contributed by atoms with Gasteiger partial charge in [-0.1, -0.05) is 0 Å². The van der Waals surface area contributed by atoms with Crippen molar-refractivity contribution >= 4 is 5.97 Å². The van der Waals surface area contributed by atoms with E-state index in [1.54, 1.807) is 18.5 Å². The Hall–Kier alpha value is -1.66. The van der Waals surface area contributed by atoms with Gasteiger partial charge in [-0.25, -0.2) is 4.79 Å². The highest BCUT2D eigenvalue weighted by molar-refractivity contribution is 5.76. The van der Waals surface area contributed by atoms with Gasteiger partial charge in [0.05, 0.1) is 12.2 Å². The number of pyridine rings is 1. The third kappa shape index (κ3) is 4.41. The molecule has 6 heteroatoms. The predicted octanol–water partition coefficient (Wildman–Crippen LogP) is 0.991. The van der Waals surface area contributed by atoms with Crippen LogP contribution in [0.1, 0.15) is 32.8 Å². The lowest BCUT2D eigenvalue weighted by atomic mass is 10.0. The second-order valence-corrected chi connectivity index (χ2v) is 6.15. The Morgan fingerprint density at radius 3 is 2.76 bits per heavy atom. The van der Waals surface area contributed by atoms with E-state index in [-0.39, 0.29) is 12.0 Å². The summed E-state index contributed by atoms with van der Waals surface area (Å²) in [4.78, 5) is 16.4. The van der Waals surface area contributed by atoms with Crippen molar-refractivity contribution in [2.45, 2.75) is 51.5 Å². The van der Waals surface area contributed by atoms with Crippen molar-refractivity contribution in [3.63, 3.8) is 0 Å². The predicted molar refractivity (Wildman–Crippen MR) is 78.8 cm³/mol. The first-order valence-electron chi connectivity index (χ1n) is 7.16. The maximum atomic E-state index is 12.3. The summed E-state index contributed by atoms with van der Waals surface area (Å²) in [6.07, 6.45) is 3.47. The largest absolute Gasteiger partial charge is 0.475 e. The number of hydrogen-bond acceptors (Lipinski definition) is 6. The Balaban J connectivity index is 2.10. The number of aromatic nitrogens is 1. The molecule has 0 radical (unpaired) electrons. The normalized spacial score (nSPS) is 19.5. The van der Waals surface area contributed by atoms with Crippen molar-refractivity contribution in [2.75, 3.05) is 6.54 Å². The first kappa shape index (κ1) is 15.7. The van der Waals surface area contributed by atoms with E-state index in [1.807, 2.05) is 20.8 Å². The fourth-order valence-corrected chi connectivity index (χ4v) is 2.01. The van der Waals surface area contributed by atoms with Gasteiger partial charge in [0, 0.05) is 12.7 Å². The molecule has 1 aromatic heterocycles. The second kappa shape index (κ2) is 6.41. The van der Waals surface area contributed by atoms with Crippen molar-refractivity contribution in [1.29, 1.82) is 0 Å². The molecular weight excluding hydrogens is 270 g/mol. The third-order valence-corrected chi connectivity index (χ3v) is 3.13. The number of hydrogen-bond donors (Lipinski definition) is 2. The van der Waals surface area contributed by atoms with E-state index in [0.29, 0.717) is 12.3 Å². The van der Waals surface area contributed by atoms with Crippen LogP contribution in [0, 0.1) is 0 Å². The zero-order chi connectivity index (χ0) is 15.5. The van der Waals surface area contributed by atoms with Crippen molar-refractivity contribution in [2.24, 2.45) is 5.73 Å². The highest BCUT2D eigenvalue weighted by Gasteiger charge is 2.37. The van der Waals surface area contributed by atoms with Gasteiger partial charge in [-0.05, 0) is 45.4 Å². The van der Waals surface area contributed by atoms with E-state index >= 15 is 0 Å². The SMILES string of the molecule is CC(C)(C)OC(=O)C(Oc1cncc(CN)c1)[C@@H]1CCN1. The van der Waals surface area contributed by atoms with Crippen molar-refractivity contribution in [1.82, 2.24) is 10.3 Å². The summed E-state index contributed by atoms with van der Waals surface area (Å²) in [7, 11) is 0. The maximum absolute atomic E-state index is 12.3. The molecule has 1 aromatic rings. The Bertz CT molecular complexity index is 495. The number of carbonyl (C=O) groups excluding carboxylic acids is 1. The first-order chi connectivity index (χ1) is 9.89. The van der Waals surface area contributed by atoms with Crippen LogP contribution in [0.4, 0.5) is 0 Å². The molecule has 2 atom stereocenters. The van der Waals surface area contributed by atoms with E-state index in [9.17, 15) is 4.79 Å². The van der Waals surface area contributed by atoms with Gasteiger partial charge >= 0.3 is 5.97 Å². The highest BCUT2D eigenvalue weighted by Crippen LogP contribution is 2.20. The van der Waals surface area contributed by atoms with Crippen molar-refractivity contribution in [3.8, 4) is 5.75 Å². The van der Waals surface area contributed by atoms with Crippen LogP contribution in [0.25, 0.3) is 0 Å². The molecule has 6 nitrogen and oxygen atoms in total. The first-order valence-corrected chi connectivity index (χ1v) is 7.16. The van der Waals surface area contributed by atoms with E-state index in [2.05, 4.69) is 10.3 Å². The fourth-order valence-electron chi connectivity index (χ4n) is 2.01. The molecule has 1 saturated heterocycles. The van der Waals surface area contributed by atoms with E-state index in [0.717, 1.165) is 18.5 Å². The molecule has 116 valence electrons. The summed E-state index contributed by atoms with van der Waals surface area (Å²) in [6.45, 7) is 6.78. The van der Waals surface area contributed by atoms with Crippen LogP contribution in [0.15, 0.2) is 18.5 Å². The fraction of sp³-hybridized carbons (Fsp3) is 0.600. The molecule has 0 bridgehead atoms. The van der Waals surface area contributed by atoms with Crippen molar-refractivity contribution in [3.05, 3.63) is 24.0 Å². The molecule has 0 saturated carbocycles. The molecule has 0 aromatic carbocycles. The lowest BCUT2D eigenvalue weighted by molar-refractivity contribution is -0.165. The standard InChI is InChI=1S/C15H23N3O3/c1-15(2,3)21-14(19)13(12-4-5-18-12)20-11-6-10(7-16)8-17-9-11/h6,8-9,12-13,18H,4-5,7,16H2,1-3H3/t12-,13?/m0/s1. The number of nitrogens with zero attached hydrogens (tertiary/aromatic N) is 1. The Labute approximate surface area is 125 Å². The summed E-state index contributed by atoms with van der Waals surface area (Å²) in [5, 5.41) is 3.19. The van der Waals surface area contributed by atoms with Crippen LogP contribution in [-0.2, 0) is 16.1 Å². The van der Waals surface area contributed by atoms with Gasteiger partial charge in [0.25, 0.3) is 0 Å². The van der Waals surface area contributed by atoms with Gasteiger partial charge in [0.1, 0.15) is 11.4 Å². The Morgan fingerprint density at radius 1 is 1.52 bits per heavy atom. The molecule has 1 unspecified atom stereocenters. The van der Waals surface area contributed by atoms with Crippen LogP contribution < -0.4 is 15.8 Å². The monoisotopic (exact) mass is 293 g/mol. The number of nitrogens with one attached hydrogen (secondary N) is 1. The van der Waals surface area contributed by atoms with Crippen LogP contribution in [0.3, 0.4) is 0 Å². The van der Waals surface area contributed by atoms with Gasteiger partial charge in [-0.2, -0.15) is 0 Å². The number of nitrogens with two attached hydrogens (primary N) is 1. The molecule has 0 spiro atoms. The lowest BCUT2D eigenvalue weighted by Crippen LogP contribution is -2.57. The van der Waals surface area contributed by atoms with E-state index in [1.165, 1.54) is 0 Å². The minimum absolute atomic E-state index is 0.0265. The topological polar surface area (TPSA) is 86.5 Å². The third-order valence-electron chi connectivity index (χ3n) is 3.13. The molecule has 2 heterocycles. The Morgan fingerprint density at radius 2 is 2.24 bits per heavy atom. The molecule has 2 rings (SSSR count). The Kier molecular flexibility index (Phi) is 4.80. The second-order valence-electron chi connectivity index (χ2n) is 6.15. The summed E-state index contributed by atoms with van der Waals surface area (Å²) in [6, 6.07) is 1.77. The minimum atomic E-state index is -0.673. The molecule has 1 aliphatic rings. The molecule has 0 amide bonds. The average molecular weight is 293 g/mol. The van der Waals surface area contributed by atoms with Gasteiger partial charge < -0.3 is 20.5 Å². The average Bonchev–Trinajstić information content (AvgIpc) is 2.34. The quantitative estimate of drug-likeness (QED) is 0.787. The zero-order valence-corrected chi connectivity index (χ0v) is 12.8. The number of carbonyl (C=O) groups is 1. The number of ether oxygens (including phenoxy) is 2. The van der Waals surface area contributed by atoms with Crippen LogP contribution in [0.5, 0.6) is 5.75 Å². The number of rotatable bonds is 5. The molecule has 1 fully saturated rings. The van der Waals surface area contributed by atoms with Gasteiger partial charge in [0.2, 0.25) is 6.10 Å².